The number of H-pyrrole nitrogens is 1. The van der Waals surface area contributed by atoms with Crippen LogP contribution in [0.15, 0.2) is 48.7 Å². The van der Waals surface area contributed by atoms with Crippen LogP contribution in [0.5, 0.6) is 5.75 Å². The second-order valence-electron chi connectivity index (χ2n) is 3.99. The van der Waals surface area contributed by atoms with Crippen molar-refractivity contribution >= 4 is 16.5 Å². The first-order valence-electron chi connectivity index (χ1n) is 5.41. The number of rotatable bonds is 1. The highest BCUT2D eigenvalue weighted by Crippen LogP contribution is 2.35. The third kappa shape index (κ3) is 1.44. The number of anilines is 1. The Balaban J connectivity index is 2.31. The van der Waals surface area contributed by atoms with Gasteiger partial charge in [-0.25, -0.2) is 0 Å². The molecule has 1 aromatic heterocycles. The van der Waals surface area contributed by atoms with Gasteiger partial charge in [-0.1, -0.05) is 36.4 Å². The summed E-state index contributed by atoms with van der Waals surface area (Å²) in [4.78, 5) is 3.21. The van der Waals surface area contributed by atoms with Gasteiger partial charge in [0.15, 0.2) is 0 Å². The van der Waals surface area contributed by atoms with Crippen molar-refractivity contribution in [2.45, 2.75) is 0 Å². The van der Waals surface area contributed by atoms with Gasteiger partial charge in [0.1, 0.15) is 5.75 Å². The average molecular weight is 224 g/mol. The highest BCUT2D eigenvalue weighted by atomic mass is 16.3. The minimum absolute atomic E-state index is 0.112. The number of phenolic OH excluding ortho intramolecular Hbond substituents is 1. The summed E-state index contributed by atoms with van der Waals surface area (Å²) in [7, 11) is 0. The predicted octanol–water partition coefficient (Wildman–Crippen LogP) is 3.12. The molecule has 0 radical (unpaired) electrons. The van der Waals surface area contributed by atoms with Crippen molar-refractivity contribution in [1.82, 2.24) is 4.98 Å². The van der Waals surface area contributed by atoms with E-state index in [0.717, 1.165) is 22.0 Å². The molecule has 0 aliphatic heterocycles. The van der Waals surface area contributed by atoms with E-state index in [0.29, 0.717) is 5.69 Å². The maximum absolute atomic E-state index is 9.63. The van der Waals surface area contributed by atoms with Gasteiger partial charge in [0, 0.05) is 17.1 Å². The van der Waals surface area contributed by atoms with E-state index in [1.54, 1.807) is 12.1 Å². The van der Waals surface area contributed by atoms with Crippen LogP contribution in [0.3, 0.4) is 0 Å². The number of nitrogens with one attached hydrogen (secondary N) is 1. The number of aromatic hydroxyl groups is 1. The van der Waals surface area contributed by atoms with Crippen molar-refractivity contribution in [3.63, 3.8) is 0 Å². The number of phenols is 1. The van der Waals surface area contributed by atoms with Gasteiger partial charge < -0.3 is 15.8 Å². The van der Waals surface area contributed by atoms with Gasteiger partial charge in [-0.15, -0.1) is 0 Å². The molecule has 0 aliphatic carbocycles. The van der Waals surface area contributed by atoms with Crippen LogP contribution in [0.2, 0.25) is 0 Å². The SMILES string of the molecule is Nc1c(O)cccc1-c1[nH]cc2ccccc12. The second kappa shape index (κ2) is 3.56. The van der Waals surface area contributed by atoms with E-state index in [1.807, 2.05) is 36.5 Å². The molecule has 0 aliphatic rings. The third-order valence-electron chi connectivity index (χ3n) is 2.95. The number of hydrogen-bond donors (Lipinski definition) is 3. The molecule has 2 aromatic carbocycles. The smallest absolute Gasteiger partial charge is 0.139 e. The molecule has 0 saturated heterocycles. The quantitative estimate of drug-likeness (QED) is 0.439. The number of aromatic amines is 1. The van der Waals surface area contributed by atoms with Crippen LogP contribution in [0.1, 0.15) is 0 Å². The molecular weight excluding hydrogens is 212 g/mol. The Morgan fingerprint density at radius 2 is 1.82 bits per heavy atom. The van der Waals surface area contributed by atoms with Crippen LogP contribution < -0.4 is 5.73 Å². The highest BCUT2D eigenvalue weighted by molar-refractivity contribution is 5.98. The van der Waals surface area contributed by atoms with Gasteiger partial charge in [0.05, 0.1) is 11.4 Å². The van der Waals surface area contributed by atoms with E-state index < -0.39 is 0 Å². The van der Waals surface area contributed by atoms with Gasteiger partial charge in [-0.3, -0.25) is 0 Å². The number of para-hydroxylation sites is 1. The standard InChI is InChI=1S/C14H12N2O/c15-13-11(6-3-7-12(13)17)14-10-5-2-1-4-9(10)8-16-14/h1-8,16-17H,15H2. The van der Waals surface area contributed by atoms with E-state index in [2.05, 4.69) is 4.98 Å². The second-order valence-corrected chi connectivity index (χ2v) is 3.99. The van der Waals surface area contributed by atoms with Crippen LogP contribution in [0.25, 0.3) is 22.0 Å². The van der Waals surface area contributed by atoms with Gasteiger partial charge >= 0.3 is 0 Å². The monoisotopic (exact) mass is 224 g/mol. The lowest BCUT2D eigenvalue weighted by atomic mass is 10.1. The number of nitrogens with two attached hydrogens (primary N) is 1. The van der Waals surface area contributed by atoms with Gasteiger partial charge in [-0.05, 0) is 11.5 Å². The normalized spacial score (nSPS) is 10.8. The molecule has 0 saturated carbocycles. The Morgan fingerprint density at radius 3 is 2.71 bits per heavy atom. The molecule has 1 heterocycles. The molecule has 0 atom stereocenters. The zero-order valence-electron chi connectivity index (χ0n) is 9.14. The first kappa shape index (κ1) is 9.78. The summed E-state index contributed by atoms with van der Waals surface area (Å²) >= 11 is 0. The fraction of sp³-hybridized carbons (Fsp3) is 0. The van der Waals surface area contributed by atoms with Crippen molar-refractivity contribution in [2.24, 2.45) is 0 Å². The summed E-state index contributed by atoms with van der Waals surface area (Å²) in [6.07, 6.45) is 1.94. The molecule has 3 aromatic rings. The number of fused-ring (bicyclic) bond motifs is 1. The number of benzene rings is 2. The Hall–Kier alpha value is -2.42. The predicted molar refractivity (Wildman–Crippen MR) is 69.8 cm³/mol. The minimum atomic E-state index is 0.112. The summed E-state index contributed by atoms with van der Waals surface area (Å²) in [6, 6.07) is 13.3. The number of nitrogen functional groups attached to an aromatic ring is 1. The molecule has 17 heavy (non-hydrogen) atoms. The van der Waals surface area contributed by atoms with E-state index >= 15 is 0 Å². The molecule has 4 N–H and O–H groups in total. The Kier molecular flexibility index (Phi) is 2.05. The van der Waals surface area contributed by atoms with Crippen LogP contribution in [0, 0.1) is 0 Å². The zero-order valence-corrected chi connectivity index (χ0v) is 9.14. The molecule has 0 bridgehead atoms. The molecule has 3 rings (SSSR count). The Labute approximate surface area is 98.5 Å². The first-order chi connectivity index (χ1) is 8.27. The fourth-order valence-electron chi connectivity index (χ4n) is 2.07. The molecule has 84 valence electrons. The third-order valence-corrected chi connectivity index (χ3v) is 2.95. The van der Waals surface area contributed by atoms with E-state index in [9.17, 15) is 5.11 Å². The van der Waals surface area contributed by atoms with Crippen LogP contribution in [-0.2, 0) is 0 Å². The van der Waals surface area contributed by atoms with Crippen LogP contribution in [-0.4, -0.2) is 10.1 Å². The van der Waals surface area contributed by atoms with Gasteiger partial charge in [-0.2, -0.15) is 0 Å². The first-order valence-corrected chi connectivity index (χ1v) is 5.41. The lowest BCUT2D eigenvalue weighted by Gasteiger charge is -2.06. The molecular formula is C14H12N2O. The lowest BCUT2D eigenvalue weighted by molar-refractivity contribution is 0.478. The highest BCUT2D eigenvalue weighted by Gasteiger charge is 2.10. The summed E-state index contributed by atoms with van der Waals surface area (Å²) < 4.78 is 0. The average Bonchev–Trinajstić information content (AvgIpc) is 2.77. The maximum Gasteiger partial charge on any atom is 0.139 e. The van der Waals surface area contributed by atoms with E-state index in [1.165, 1.54) is 0 Å². The van der Waals surface area contributed by atoms with Crippen molar-refractivity contribution in [2.75, 3.05) is 5.73 Å². The van der Waals surface area contributed by atoms with Crippen molar-refractivity contribution in [3.05, 3.63) is 48.7 Å². The fourth-order valence-corrected chi connectivity index (χ4v) is 2.07. The summed E-state index contributed by atoms with van der Waals surface area (Å²) in [5.41, 5.74) is 8.06. The Morgan fingerprint density at radius 1 is 1.00 bits per heavy atom. The topological polar surface area (TPSA) is 62.0 Å². The van der Waals surface area contributed by atoms with Crippen LogP contribution in [0.4, 0.5) is 5.69 Å². The number of aromatic nitrogens is 1. The van der Waals surface area contributed by atoms with Crippen molar-refractivity contribution < 1.29 is 5.11 Å². The van der Waals surface area contributed by atoms with Crippen molar-refractivity contribution in [1.29, 1.82) is 0 Å². The summed E-state index contributed by atoms with van der Waals surface area (Å²) in [5, 5.41) is 11.9. The molecule has 0 spiro atoms. The molecule has 3 nitrogen and oxygen atoms in total. The summed E-state index contributed by atoms with van der Waals surface area (Å²) in [6.45, 7) is 0. The molecule has 3 heteroatoms. The number of hydrogen-bond acceptors (Lipinski definition) is 2. The Bertz CT molecular complexity index is 686. The van der Waals surface area contributed by atoms with Gasteiger partial charge in [0.2, 0.25) is 0 Å². The van der Waals surface area contributed by atoms with E-state index in [4.69, 9.17) is 5.73 Å². The van der Waals surface area contributed by atoms with E-state index in [-0.39, 0.29) is 5.75 Å². The molecule has 0 unspecified atom stereocenters. The maximum atomic E-state index is 9.63. The molecule has 0 fully saturated rings. The van der Waals surface area contributed by atoms with Gasteiger partial charge in [0.25, 0.3) is 0 Å². The largest absolute Gasteiger partial charge is 0.506 e. The summed E-state index contributed by atoms with van der Waals surface area (Å²) in [5.74, 6) is 0.112. The zero-order chi connectivity index (χ0) is 11.8. The van der Waals surface area contributed by atoms with Crippen molar-refractivity contribution in [3.8, 4) is 17.0 Å². The molecule has 0 amide bonds. The lowest BCUT2D eigenvalue weighted by Crippen LogP contribution is -1.90. The minimum Gasteiger partial charge on any atom is -0.506 e. The van der Waals surface area contributed by atoms with Crippen LogP contribution >= 0.6 is 0 Å².